The molecular formula is C29H28N8O2S. The molecule has 1 aromatic carbocycles. The molecule has 5 aromatic rings. The van der Waals surface area contributed by atoms with E-state index in [-0.39, 0.29) is 5.75 Å². The Labute approximate surface area is 232 Å². The summed E-state index contributed by atoms with van der Waals surface area (Å²) in [6, 6.07) is 18.9. The zero-order chi connectivity index (χ0) is 27.7. The molecule has 1 saturated heterocycles. The molecule has 6 rings (SSSR count). The minimum Gasteiger partial charge on any atom is -0.354 e. The summed E-state index contributed by atoms with van der Waals surface area (Å²) < 4.78 is 28.9. The van der Waals surface area contributed by atoms with Crippen molar-refractivity contribution in [2.45, 2.75) is 4.90 Å². The van der Waals surface area contributed by atoms with Crippen molar-refractivity contribution in [3.05, 3.63) is 85.1 Å². The monoisotopic (exact) mass is 552 g/mol. The number of sulfone groups is 1. The largest absolute Gasteiger partial charge is 0.354 e. The first kappa shape index (κ1) is 25.7. The van der Waals surface area contributed by atoms with Crippen molar-refractivity contribution in [3.8, 4) is 28.5 Å². The first-order valence-corrected chi connectivity index (χ1v) is 14.7. The summed E-state index contributed by atoms with van der Waals surface area (Å²) in [5.41, 5.74) is 4.76. The van der Waals surface area contributed by atoms with Gasteiger partial charge < -0.3 is 4.90 Å². The minimum absolute atomic E-state index is 0.107. The highest BCUT2D eigenvalue weighted by molar-refractivity contribution is 7.91. The zero-order valence-corrected chi connectivity index (χ0v) is 22.9. The number of nitrogens with zero attached hydrogens (tertiary/aromatic N) is 8. The van der Waals surface area contributed by atoms with Gasteiger partial charge in [0.1, 0.15) is 23.2 Å². The Morgan fingerprint density at radius 2 is 1.70 bits per heavy atom. The van der Waals surface area contributed by atoms with Crippen LogP contribution < -0.4 is 4.90 Å². The van der Waals surface area contributed by atoms with Gasteiger partial charge >= 0.3 is 0 Å². The van der Waals surface area contributed by atoms with E-state index in [0.717, 1.165) is 54.4 Å². The van der Waals surface area contributed by atoms with E-state index in [0.29, 0.717) is 22.8 Å². The third kappa shape index (κ3) is 5.06. The summed E-state index contributed by atoms with van der Waals surface area (Å²) in [7, 11) is -1.42. The lowest BCUT2D eigenvalue weighted by molar-refractivity contribution is 0.271. The minimum atomic E-state index is -3.29. The van der Waals surface area contributed by atoms with Gasteiger partial charge in [-0.05, 0) is 42.0 Å². The number of hydrogen-bond acceptors (Lipinski definition) is 8. The van der Waals surface area contributed by atoms with Crippen molar-refractivity contribution in [1.29, 1.82) is 5.26 Å². The fourth-order valence-corrected chi connectivity index (χ4v) is 6.37. The van der Waals surface area contributed by atoms with Gasteiger partial charge in [0.2, 0.25) is 0 Å². The third-order valence-corrected chi connectivity index (χ3v) is 8.99. The van der Waals surface area contributed by atoms with Crippen LogP contribution in [0.25, 0.3) is 28.0 Å². The SMILES string of the molecule is Cn1cc(-c2cc(-c3ccc(N4CCN(CCS(=O)(=O)c5ccccc5)CC4)nc3)n3c(C#N)cnc3c2)cn1. The van der Waals surface area contributed by atoms with Crippen molar-refractivity contribution in [2.24, 2.45) is 7.05 Å². The second kappa shape index (κ2) is 10.6. The molecule has 1 fully saturated rings. The van der Waals surface area contributed by atoms with Crippen molar-refractivity contribution in [1.82, 2.24) is 29.0 Å². The van der Waals surface area contributed by atoms with Crippen LogP contribution >= 0.6 is 0 Å². The number of rotatable bonds is 7. The summed E-state index contributed by atoms with van der Waals surface area (Å²) in [5, 5.41) is 14.0. The van der Waals surface area contributed by atoms with Gasteiger partial charge in [0, 0.05) is 63.3 Å². The second-order valence-electron chi connectivity index (χ2n) is 9.85. The van der Waals surface area contributed by atoms with E-state index >= 15 is 0 Å². The highest BCUT2D eigenvalue weighted by Gasteiger charge is 2.21. The maximum Gasteiger partial charge on any atom is 0.179 e. The molecule has 4 aromatic heterocycles. The molecule has 0 saturated carbocycles. The highest BCUT2D eigenvalue weighted by atomic mass is 32.2. The van der Waals surface area contributed by atoms with Crippen LogP contribution in [0.2, 0.25) is 0 Å². The van der Waals surface area contributed by atoms with E-state index in [1.165, 1.54) is 0 Å². The standard InChI is InChI=1S/C29H28N8O2S/c1-34-21-24(19-33-34)23-15-27(37-25(17-30)20-32-29(37)16-23)22-7-8-28(31-18-22)36-11-9-35(10-12-36)13-14-40(38,39)26-5-3-2-4-6-26/h2-8,15-16,18-21H,9-14H2,1H3. The average molecular weight is 553 g/mol. The molecular weight excluding hydrogens is 524 g/mol. The fourth-order valence-electron chi connectivity index (χ4n) is 5.06. The molecule has 11 heteroatoms. The second-order valence-corrected chi connectivity index (χ2v) is 12.0. The number of aryl methyl sites for hydroxylation is 1. The summed E-state index contributed by atoms with van der Waals surface area (Å²) in [4.78, 5) is 14.0. The average Bonchev–Trinajstić information content (AvgIpc) is 3.62. The van der Waals surface area contributed by atoms with Crippen molar-refractivity contribution in [3.63, 3.8) is 0 Å². The Kier molecular flexibility index (Phi) is 6.79. The van der Waals surface area contributed by atoms with Gasteiger partial charge in [0.05, 0.1) is 28.7 Å². The normalized spacial score (nSPS) is 14.4. The van der Waals surface area contributed by atoms with Crippen molar-refractivity contribution >= 4 is 21.3 Å². The highest BCUT2D eigenvalue weighted by Crippen LogP contribution is 2.30. The summed E-state index contributed by atoms with van der Waals surface area (Å²) in [6.45, 7) is 3.56. The molecule has 0 amide bonds. The number of aromatic nitrogens is 5. The number of pyridine rings is 2. The van der Waals surface area contributed by atoms with Gasteiger partial charge in [0.25, 0.3) is 0 Å². The molecule has 0 bridgehead atoms. The van der Waals surface area contributed by atoms with Crippen molar-refractivity contribution in [2.75, 3.05) is 43.4 Å². The van der Waals surface area contributed by atoms with Gasteiger partial charge in [-0.15, -0.1) is 0 Å². The molecule has 1 aliphatic rings. The molecule has 0 aliphatic carbocycles. The molecule has 40 heavy (non-hydrogen) atoms. The first-order valence-electron chi connectivity index (χ1n) is 13.0. The van der Waals surface area contributed by atoms with E-state index in [2.05, 4.69) is 26.0 Å². The van der Waals surface area contributed by atoms with E-state index in [1.54, 1.807) is 35.1 Å². The Hall–Kier alpha value is -4.53. The van der Waals surface area contributed by atoms with E-state index in [4.69, 9.17) is 4.98 Å². The van der Waals surface area contributed by atoms with Crippen LogP contribution in [0, 0.1) is 11.3 Å². The number of fused-ring (bicyclic) bond motifs is 1. The Balaban J connectivity index is 1.17. The number of anilines is 1. The summed E-state index contributed by atoms with van der Waals surface area (Å²) >= 11 is 0. The number of hydrogen-bond donors (Lipinski definition) is 0. The molecule has 0 N–H and O–H groups in total. The van der Waals surface area contributed by atoms with Gasteiger partial charge in [-0.25, -0.2) is 18.4 Å². The van der Waals surface area contributed by atoms with Gasteiger partial charge in [-0.3, -0.25) is 14.0 Å². The quantitative estimate of drug-likeness (QED) is 0.302. The van der Waals surface area contributed by atoms with E-state index < -0.39 is 9.84 Å². The molecule has 5 heterocycles. The predicted molar refractivity (Wildman–Crippen MR) is 152 cm³/mol. The van der Waals surface area contributed by atoms with Crippen LogP contribution in [-0.4, -0.2) is 75.9 Å². The van der Waals surface area contributed by atoms with Crippen LogP contribution in [0.3, 0.4) is 0 Å². The number of nitriles is 1. The smallest absolute Gasteiger partial charge is 0.179 e. The molecule has 1 aliphatic heterocycles. The van der Waals surface area contributed by atoms with Crippen LogP contribution in [0.15, 0.2) is 84.3 Å². The number of piperazine rings is 1. The topological polar surface area (TPSA) is 112 Å². The fraction of sp³-hybridized carbons (Fsp3) is 0.241. The van der Waals surface area contributed by atoms with Crippen LogP contribution in [0.5, 0.6) is 0 Å². The third-order valence-electron chi connectivity index (χ3n) is 7.28. The predicted octanol–water partition coefficient (Wildman–Crippen LogP) is 3.26. The summed E-state index contributed by atoms with van der Waals surface area (Å²) in [6.07, 6.45) is 7.17. The molecule has 0 spiro atoms. The van der Waals surface area contributed by atoms with E-state index in [1.807, 2.05) is 60.4 Å². The number of benzene rings is 1. The lowest BCUT2D eigenvalue weighted by atomic mass is 10.1. The Morgan fingerprint density at radius 3 is 2.38 bits per heavy atom. The van der Waals surface area contributed by atoms with Crippen molar-refractivity contribution < 1.29 is 8.42 Å². The van der Waals surface area contributed by atoms with Gasteiger partial charge in [-0.2, -0.15) is 10.4 Å². The van der Waals surface area contributed by atoms with Gasteiger partial charge in [-0.1, -0.05) is 18.2 Å². The maximum atomic E-state index is 12.6. The maximum absolute atomic E-state index is 12.6. The molecule has 0 unspecified atom stereocenters. The Bertz CT molecular complexity index is 1800. The molecule has 202 valence electrons. The molecule has 0 atom stereocenters. The lowest BCUT2D eigenvalue weighted by Crippen LogP contribution is -2.47. The first-order chi connectivity index (χ1) is 19.4. The molecule has 10 nitrogen and oxygen atoms in total. The lowest BCUT2D eigenvalue weighted by Gasteiger charge is -2.35. The Morgan fingerprint density at radius 1 is 0.900 bits per heavy atom. The van der Waals surface area contributed by atoms with E-state index in [9.17, 15) is 13.7 Å². The number of imidazole rings is 1. The van der Waals surface area contributed by atoms with Gasteiger partial charge in [0.15, 0.2) is 9.84 Å². The molecule has 0 radical (unpaired) electrons. The van der Waals surface area contributed by atoms with Crippen LogP contribution in [-0.2, 0) is 16.9 Å². The van der Waals surface area contributed by atoms with Crippen LogP contribution in [0.1, 0.15) is 5.69 Å². The summed E-state index contributed by atoms with van der Waals surface area (Å²) in [5.74, 6) is 0.973. The zero-order valence-electron chi connectivity index (χ0n) is 22.1. The van der Waals surface area contributed by atoms with Crippen LogP contribution in [0.4, 0.5) is 5.82 Å².